The molecule has 2 aliphatic heterocycles. The van der Waals surface area contributed by atoms with Crippen molar-refractivity contribution in [2.75, 3.05) is 0 Å². The van der Waals surface area contributed by atoms with Gasteiger partial charge in [-0.2, -0.15) is 0 Å². The van der Waals surface area contributed by atoms with E-state index in [0.717, 1.165) is 11.1 Å². The van der Waals surface area contributed by atoms with Crippen molar-refractivity contribution in [3.8, 4) is 0 Å². The number of fused-ring (bicyclic) bond motifs is 1. The highest BCUT2D eigenvalue weighted by Crippen LogP contribution is 2.30. The Balaban J connectivity index is 1.53. The van der Waals surface area contributed by atoms with E-state index in [1.165, 1.54) is 4.90 Å². The number of amides is 2. The first kappa shape index (κ1) is 14.8. The Hall–Kier alpha value is -2.82. The lowest BCUT2D eigenvalue weighted by Gasteiger charge is -2.18. The first-order chi connectivity index (χ1) is 11.7. The SMILES string of the molecule is O=C1N[C@@H](Cc2ccccc2)[C@H]2OC(=O)N(Cc3ccccc3)[C@@H]12. The van der Waals surface area contributed by atoms with Gasteiger partial charge in [0.1, 0.15) is 0 Å². The summed E-state index contributed by atoms with van der Waals surface area (Å²) in [5, 5.41) is 2.98. The van der Waals surface area contributed by atoms with Gasteiger partial charge in [-0.3, -0.25) is 9.69 Å². The standard InChI is InChI=1S/C19H18N2O3/c22-18-16-17(15(20-18)11-13-7-3-1-4-8-13)24-19(23)21(16)12-14-9-5-2-6-10-14/h1-10,15-17H,11-12H2,(H,20,22)/t15-,16+,17+/m0/s1. The molecule has 3 atom stereocenters. The van der Waals surface area contributed by atoms with Crippen LogP contribution in [0.25, 0.3) is 0 Å². The summed E-state index contributed by atoms with van der Waals surface area (Å²) in [6.07, 6.45) is -0.198. The second-order valence-electron chi connectivity index (χ2n) is 6.21. The van der Waals surface area contributed by atoms with Gasteiger partial charge in [0.2, 0.25) is 5.91 Å². The van der Waals surface area contributed by atoms with Gasteiger partial charge in [0.15, 0.2) is 12.1 Å². The average Bonchev–Trinajstić information content (AvgIpc) is 3.07. The van der Waals surface area contributed by atoms with Crippen LogP contribution in [0.2, 0.25) is 0 Å². The smallest absolute Gasteiger partial charge is 0.411 e. The molecule has 0 aromatic heterocycles. The van der Waals surface area contributed by atoms with Crippen molar-refractivity contribution in [3.63, 3.8) is 0 Å². The fraction of sp³-hybridized carbons (Fsp3) is 0.263. The third-order valence-corrected chi connectivity index (χ3v) is 4.61. The predicted octanol–water partition coefficient (Wildman–Crippen LogP) is 2.12. The zero-order chi connectivity index (χ0) is 16.5. The number of rotatable bonds is 4. The molecule has 2 aliphatic rings. The highest BCUT2D eigenvalue weighted by atomic mass is 16.6. The third kappa shape index (κ3) is 2.62. The quantitative estimate of drug-likeness (QED) is 0.938. The molecule has 0 unspecified atom stereocenters. The molecule has 0 spiro atoms. The van der Waals surface area contributed by atoms with Gasteiger partial charge in [0, 0.05) is 0 Å². The minimum absolute atomic E-state index is 0.136. The number of carbonyl (C=O) groups excluding carboxylic acids is 2. The zero-order valence-corrected chi connectivity index (χ0v) is 13.1. The van der Waals surface area contributed by atoms with Crippen LogP contribution in [0.4, 0.5) is 4.79 Å². The average molecular weight is 322 g/mol. The van der Waals surface area contributed by atoms with Crippen LogP contribution in [-0.4, -0.2) is 35.1 Å². The molecule has 5 nitrogen and oxygen atoms in total. The van der Waals surface area contributed by atoms with Crippen LogP contribution in [0.5, 0.6) is 0 Å². The number of nitrogens with one attached hydrogen (secondary N) is 1. The third-order valence-electron chi connectivity index (χ3n) is 4.61. The number of benzene rings is 2. The molecule has 0 aliphatic carbocycles. The predicted molar refractivity (Wildman–Crippen MR) is 88.1 cm³/mol. The van der Waals surface area contributed by atoms with Crippen molar-refractivity contribution in [1.29, 1.82) is 0 Å². The summed E-state index contributed by atoms with van der Waals surface area (Å²) in [5.41, 5.74) is 2.09. The molecule has 122 valence electrons. The van der Waals surface area contributed by atoms with Crippen LogP contribution in [0.3, 0.4) is 0 Å². The molecule has 2 aromatic carbocycles. The van der Waals surface area contributed by atoms with Crippen molar-refractivity contribution < 1.29 is 14.3 Å². The number of hydrogen-bond donors (Lipinski definition) is 1. The zero-order valence-electron chi connectivity index (χ0n) is 13.1. The lowest BCUT2D eigenvalue weighted by atomic mass is 10.0. The summed E-state index contributed by atoms with van der Waals surface area (Å²) in [4.78, 5) is 26.2. The Morgan fingerprint density at radius 1 is 0.917 bits per heavy atom. The largest absolute Gasteiger partial charge is 0.441 e. The van der Waals surface area contributed by atoms with Gasteiger partial charge < -0.3 is 10.1 Å². The molecule has 2 fully saturated rings. The van der Waals surface area contributed by atoms with Gasteiger partial charge in [-0.25, -0.2) is 4.79 Å². The number of ether oxygens (including phenoxy) is 1. The van der Waals surface area contributed by atoms with Gasteiger partial charge in [-0.05, 0) is 17.5 Å². The van der Waals surface area contributed by atoms with Crippen LogP contribution >= 0.6 is 0 Å². The van der Waals surface area contributed by atoms with Gasteiger partial charge in [0.05, 0.1) is 12.6 Å². The minimum atomic E-state index is -0.550. The summed E-state index contributed by atoms with van der Waals surface area (Å²) in [6.45, 7) is 0.381. The highest BCUT2D eigenvalue weighted by Gasteiger charge is 2.54. The van der Waals surface area contributed by atoms with Crippen LogP contribution in [-0.2, 0) is 22.5 Å². The molecule has 2 heterocycles. The first-order valence-electron chi connectivity index (χ1n) is 8.08. The Kier molecular flexibility index (Phi) is 3.69. The van der Waals surface area contributed by atoms with Gasteiger partial charge >= 0.3 is 6.09 Å². The van der Waals surface area contributed by atoms with Crippen LogP contribution in [0.15, 0.2) is 60.7 Å². The van der Waals surface area contributed by atoms with E-state index in [9.17, 15) is 9.59 Å². The maximum atomic E-state index is 12.4. The summed E-state index contributed by atoms with van der Waals surface area (Å²) >= 11 is 0. The van der Waals surface area contributed by atoms with Crippen molar-refractivity contribution in [1.82, 2.24) is 10.2 Å². The lowest BCUT2D eigenvalue weighted by Crippen LogP contribution is -2.40. The van der Waals surface area contributed by atoms with E-state index >= 15 is 0 Å². The maximum Gasteiger partial charge on any atom is 0.411 e. The van der Waals surface area contributed by atoms with E-state index in [4.69, 9.17) is 4.74 Å². The summed E-state index contributed by atoms with van der Waals surface area (Å²) in [7, 11) is 0. The molecule has 0 radical (unpaired) electrons. The Bertz CT molecular complexity index is 748. The van der Waals surface area contributed by atoms with E-state index < -0.39 is 18.2 Å². The molecule has 0 bridgehead atoms. The van der Waals surface area contributed by atoms with Crippen molar-refractivity contribution >= 4 is 12.0 Å². The molecule has 2 saturated heterocycles. The van der Waals surface area contributed by atoms with Crippen LogP contribution in [0, 0.1) is 0 Å². The molecule has 24 heavy (non-hydrogen) atoms. The summed E-state index contributed by atoms with van der Waals surface area (Å²) < 4.78 is 5.53. The molecule has 1 N–H and O–H groups in total. The van der Waals surface area contributed by atoms with Gasteiger partial charge in [0.25, 0.3) is 0 Å². The highest BCUT2D eigenvalue weighted by molar-refractivity contribution is 5.91. The fourth-order valence-corrected chi connectivity index (χ4v) is 3.46. The topological polar surface area (TPSA) is 58.6 Å². The van der Waals surface area contributed by atoms with Crippen molar-refractivity contribution in [3.05, 3.63) is 71.8 Å². The summed E-state index contributed by atoms with van der Waals surface area (Å²) in [6, 6.07) is 18.8. The Morgan fingerprint density at radius 2 is 1.54 bits per heavy atom. The van der Waals surface area contributed by atoms with Crippen LogP contribution < -0.4 is 5.32 Å². The van der Waals surface area contributed by atoms with Gasteiger partial charge in [-0.15, -0.1) is 0 Å². The molecular formula is C19H18N2O3. The van der Waals surface area contributed by atoms with Gasteiger partial charge in [-0.1, -0.05) is 60.7 Å². The lowest BCUT2D eigenvalue weighted by molar-refractivity contribution is -0.122. The second-order valence-corrected chi connectivity index (χ2v) is 6.21. The molecule has 2 aromatic rings. The fourth-order valence-electron chi connectivity index (χ4n) is 3.46. The number of hydrogen-bond acceptors (Lipinski definition) is 3. The molecule has 5 heteroatoms. The Labute approximate surface area is 140 Å². The minimum Gasteiger partial charge on any atom is -0.441 e. The Morgan fingerprint density at radius 3 is 2.21 bits per heavy atom. The molecule has 4 rings (SSSR count). The molecule has 0 saturated carbocycles. The number of carbonyl (C=O) groups is 2. The van der Waals surface area contributed by atoms with E-state index in [2.05, 4.69) is 5.32 Å². The number of nitrogens with zero attached hydrogens (tertiary/aromatic N) is 1. The van der Waals surface area contributed by atoms with E-state index in [0.29, 0.717) is 13.0 Å². The second kappa shape index (κ2) is 6.00. The molecular weight excluding hydrogens is 304 g/mol. The molecule has 2 amide bonds. The van der Waals surface area contributed by atoms with Crippen molar-refractivity contribution in [2.24, 2.45) is 0 Å². The monoisotopic (exact) mass is 322 g/mol. The van der Waals surface area contributed by atoms with E-state index in [-0.39, 0.29) is 11.9 Å². The van der Waals surface area contributed by atoms with E-state index in [1.807, 2.05) is 60.7 Å². The summed E-state index contributed by atoms with van der Waals surface area (Å²) in [5.74, 6) is -0.136. The normalized spacial score (nSPS) is 25.3. The first-order valence-corrected chi connectivity index (χ1v) is 8.08. The van der Waals surface area contributed by atoms with E-state index in [1.54, 1.807) is 0 Å². The maximum absolute atomic E-state index is 12.4. The van der Waals surface area contributed by atoms with Crippen LogP contribution in [0.1, 0.15) is 11.1 Å². The van der Waals surface area contributed by atoms with Crippen molar-refractivity contribution in [2.45, 2.75) is 31.2 Å².